The van der Waals surface area contributed by atoms with Crippen LogP contribution in [0.3, 0.4) is 0 Å². The molecule has 0 saturated heterocycles. The molecule has 0 radical (unpaired) electrons. The number of carbonyl (C=O) groups is 1. The number of halogens is 1. The predicted octanol–water partition coefficient (Wildman–Crippen LogP) is 3.35. The monoisotopic (exact) mass is 277 g/mol. The van der Waals surface area contributed by atoms with Crippen molar-refractivity contribution in [2.75, 3.05) is 5.33 Å². The van der Waals surface area contributed by atoms with E-state index in [4.69, 9.17) is 0 Å². The Balaban J connectivity index is 4.35. The molecule has 0 aliphatic carbocycles. The highest BCUT2D eigenvalue weighted by Crippen LogP contribution is 2.23. The number of carbonyl (C=O) groups excluding carboxylic acids is 1. The Hall–Kier alpha value is -0.0500. The summed E-state index contributed by atoms with van der Waals surface area (Å²) in [5.41, 5.74) is 0.122. The maximum atomic E-state index is 11.8. The van der Waals surface area contributed by atoms with Crippen LogP contribution in [-0.2, 0) is 4.79 Å². The van der Waals surface area contributed by atoms with Gasteiger partial charge in [-0.25, -0.2) is 0 Å². The van der Waals surface area contributed by atoms with E-state index < -0.39 is 0 Å². The van der Waals surface area contributed by atoms with Crippen LogP contribution in [0, 0.1) is 11.3 Å². The molecule has 0 rings (SSSR count). The van der Waals surface area contributed by atoms with E-state index in [2.05, 4.69) is 42.0 Å². The van der Waals surface area contributed by atoms with Crippen molar-refractivity contribution in [2.24, 2.45) is 11.3 Å². The minimum absolute atomic E-state index is 0.116. The normalized spacial score (nSPS) is 15.9. The van der Waals surface area contributed by atoms with Crippen molar-refractivity contribution in [3.63, 3.8) is 0 Å². The first kappa shape index (κ1) is 14.9. The lowest BCUT2D eigenvalue weighted by atomic mass is 9.85. The predicted molar refractivity (Wildman–Crippen MR) is 69.3 cm³/mol. The number of hydrogen-bond acceptors (Lipinski definition) is 1. The summed E-state index contributed by atoms with van der Waals surface area (Å²) in [4.78, 5) is 11.8. The van der Waals surface area contributed by atoms with E-state index in [-0.39, 0.29) is 23.3 Å². The molecule has 90 valence electrons. The minimum atomic E-state index is 0.116. The van der Waals surface area contributed by atoms with Gasteiger partial charge in [0.05, 0.1) is 0 Å². The van der Waals surface area contributed by atoms with Gasteiger partial charge in [-0.15, -0.1) is 0 Å². The Morgan fingerprint density at radius 1 is 1.40 bits per heavy atom. The molecule has 0 aliphatic heterocycles. The molecule has 2 nitrogen and oxygen atoms in total. The topological polar surface area (TPSA) is 29.1 Å². The summed E-state index contributed by atoms with van der Waals surface area (Å²) in [7, 11) is 0. The van der Waals surface area contributed by atoms with Crippen molar-refractivity contribution in [1.29, 1.82) is 0 Å². The van der Waals surface area contributed by atoms with Crippen molar-refractivity contribution in [3.8, 4) is 0 Å². The number of amides is 1. The SMILES string of the molecule is CCC(C)C(=O)NC(CCBr)C(C)(C)C. The molecule has 0 aliphatic rings. The molecule has 0 bridgehead atoms. The zero-order chi connectivity index (χ0) is 12.1. The highest BCUT2D eigenvalue weighted by molar-refractivity contribution is 9.09. The van der Waals surface area contributed by atoms with Crippen molar-refractivity contribution in [1.82, 2.24) is 5.32 Å². The van der Waals surface area contributed by atoms with Crippen LogP contribution < -0.4 is 5.32 Å². The third-order valence-corrected chi connectivity index (χ3v) is 3.28. The lowest BCUT2D eigenvalue weighted by Gasteiger charge is -2.32. The molecule has 0 fully saturated rings. The Morgan fingerprint density at radius 3 is 2.27 bits per heavy atom. The number of rotatable bonds is 5. The van der Waals surface area contributed by atoms with Crippen LogP contribution in [0.5, 0.6) is 0 Å². The molecular formula is C12H24BrNO. The summed E-state index contributed by atoms with van der Waals surface area (Å²) in [5, 5.41) is 4.07. The fourth-order valence-electron chi connectivity index (χ4n) is 1.33. The fraction of sp³-hybridized carbons (Fsp3) is 0.917. The van der Waals surface area contributed by atoms with Gasteiger partial charge >= 0.3 is 0 Å². The van der Waals surface area contributed by atoms with Gasteiger partial charge in [0.1, 0.15) is 0 Å². The molecule has 3 heteroatoms. The van der Waals surface area contributed by atoms with Crippen LogP contribution in [0.15, 0.2) is 0 Å². The molecule has 1 N–H and O–H groups in total. The summed E-state index contributed by atoms with van der Waals surface area (Å²) in [6.07, 6.45) is 1.88. The summed E-state index contributed by atoms with van der Waals surface area (Å²) >= 11 is 3.44. The fourth-order valence-corrected chi connectivity index (χ4v) is 1.79. The molecule has 0 spiro atoms. The van der Waals surface area contributed by atoms with Crippen molar-refractivity contribution in [2.45, 2.75) is 53.5 Å². The molecule has 0 aromatic carbocycles. The third kappa shape index (κ3) is 5.55. The maximum Gasteiger partial charge on any atom is 0.223 e. The Morgan fingerprint density at radius 2 is 1.93 bits per heavy atom. The van der Waals surface area contributed by atoms with E-state index >= 15 is 0 Å². The highest BCUT2D eigenvalue weighted by atomic mass is 79.9. The molecule has 0 saturated carbocycles. The summed E-state index contributed by atoms with van der Waals surface area (Å²) in [6, 6.07) is 0.248. The van der Waals surface area contributed by atoms with Gasteiger partial charge in [-0.3, -0.25) is 4.79 Å². The van der Waals surface area contributed by atoms with E-state index in [1.54, 1.807) is 0 Å². The van der Waals surface area contributed by atoms with Crippen LogP contribution in [0.1, 0.15) is 47.5 Å². The van der Waals surface area contributed by atoms with Crippen LogP contribution in [0.4, 0.5) is 0 Å². The van der Waals surface area contributed by atoms with E-state index in [0.29, 0.717) is 0 Å². The molecule has 15 heavy (non-hydrogen) atoms. The smallest absolute Gasteiger partial charge is 0.223 e. The Kier molecular flexibility index (Phi) is 6.49. The third-order valence-electron chi connectivity index (χ3n) is 2.82. The zero-order valence-electron chi connectivity index (χ0n) is 10.6. The van der Waals surface area contributed by atoms with E-state index in [0.717, 1.165) is 18.2 Å². The van der Waals surface area contributed by atoms with Crippen LogP contribution in [-0.4, -0.2) is 17.3 Å². The van der Waals surface area contributed by atoms with Crippen LogP contribution in [0.2, 0.25) is 0 Å². The first-order valence-electron chi connectivity index (χ1n) is 5.69. The van der Waals surface area contributed by atoms with E-state index in [9.17, 15) is 4.79 Å². The maximum absolute atomic E-state index is 11.8. The first-order valence-corrected chi connectivity index (χ1v) is 6.81. The Labute approximate surface area is 102 Å². The highest BCUT2D eigenvalue weighted by Gasteiger charge is 2.26. The van der Waals surface area contributed by atoms with Crippen LogP contribution in [0.25, 0.3) is 0 Å². The van der Waals surface area contributed by atoms with Gasteiger partial charge in [0.2, 0.25) is 5.91 Å². The van der Waals surface area contributed by atoms with Gasteiger partial charge < -0.3 is 5.32 Å². The zero-order valence-corrected chi connectivity index (χ0v) is 12.1. The van der Waals surface area contributed by atoms with E-state index in [1.807, 2.05) is 13.8 Å². The van der Waals surface area contributed by atoms with Crippen molar-refractivity contribution < 1.29 is 4.79 Å². The lowest BCUT2D eigenvalue weighted by Crippen LogP contribution is -2.45. The molecule has 2 unspecified atom stereocenters. The average molecular weight is 278 g/mol. The second-order valence-corrected chi connectivity index (χ2v) is 6.01. The number of alkyl halides is 1. The van der Waals surface area contributed by atoms with E-state index in [1.165, 1.54) is 0 Å². The molecule has 1 amide bonds. The summed E-state index contributed by atoms with van der Waals surface area (Å²) in [5.74, 6) is 0.295. The van der Waals surface area contributed by atoms with Gasteiger partial charge in [0.15, 0.2) is 0 Å². The van der Waals surface area contributed by atoms with Gasteiger partial charge in [0, 0.05) is 17.3 Å². The summed E-state index contributed by atoms with van der Waals surface area (Å²) < 4.78 is 0. The van der Waals surface area contributed by atoms with Gasteiger partial charge in [0.25, 0.3) is 0 Å². The quantitative estimate of drug-likeness (QED) is 0.768. The summed E-state index contributed by atoms with van der Waals surface area (Å²) in [6.45, 7) is 10.5. The number of hydrogen-bond donors (Lipinski definition) is 1. The largest absolute Gasteiger partial charge is 0.353 e. The van der Waals surface area contributed by atoms with Gasteiger partial charge in [-0.1, -0.05) is 50.5 Å². The lowest BCUT2D eigenvalue weighted by molar-refractivity contribution is -0.126. The van der Waals surface area contributed by atoms with Crippen molar-refractivity contribution >= 4 is 21.8 Å². The first-order chi connectivity index (χ1) is 6.82. The number of nitrogens with one attached hydrogen (secondary N) is 1. The second-order valence-electron chi connectivity index (χ2n) is 5.21. The van der Waals surface area contributed by atoms with Gasteiger partial charge in [-0.2, -0.15) is 0 Å². The standard InChI is InChI=1S/C12H24BrNO/c1-6-9(2)11(15)14-10(7-8-13)12(3,4)5/h9-10H,6-8H2,1-5H3,(H,14,15). The minimum Gasteiger partial charge on any atom is -0.353 e. The average Bonchev–Trinajstić information content (AvgIpc) is 2.14. The molecule has 2 atom stereocenters. The van der Waals surface area contributed by atoms with Crippen molar-refractivity contribution in [3.05, 3.63) is 0 Å². The second kappa shape index (κ2) is 6.51. The molecular weight excluding hydrogens is 254 g/mol. The molecule has 0 heterocycles. The molecule has 0 aromatic rings. The Bertz CT molecular complexity index is 198. The van der Waals surface area contributed by atoms with Gasteiger partial charge in [-0.05, 0) is 18.3 Å². The van der Waals surface area contributed by atoms with Crippen LogP contribution >= 0.6 is 15.9 Å². The molecule has 0 aromatic heterocycles.